The number of carbonyl (C=O) groups excluding carboxylic acids is 4. The van der Waals surface area contributed by atoms with Crippen LogP contribution in [0.15, 0.2) is 103 Å². The van der Waals surface area contributed by atoms with Crippen molar-refractivity contribution in [2.45, 2.75) is 11.5 Å². The van der Waals surface area contributed by atoms with E-state index in [1.807, 2.05) is 66.7 Å². The van der Waals surface area contributed by atoms with Crippen molar-refractivity contribution in [2.24, 2.45) is 0 Å². The summed E-state index contributed by atoms with van der Waals surface area (Å²) in [6, 6.07) is 31.6. The maximum absolute atomic E-state index is 14.3. The Morgan fingerprint density at radius 2 is 1.58 bits per heavy atom. The van der Waals surface area contributed by atoms with Crippen molar-refractivity contribution in [3.8, 4) is 5.75 Å². The van der Waals surface area contributed by atoms with E-state index in [0.717, 1.165) is 49.5 Å². The van der Waals surface area contributed by atoms with Gasteiger partial charge in [-0.3, -0.25) is 24.1 Å². The van der Waals surface area contributed by atoms with Crippen LogP contribution >= 0.6 is 23.4 Å². The Morgan fingerprint density at radius 1 is 0.836 bits per heavy atom. The number of thioether (sulfide) groups is 1. The third-order valence-electron chi connectivity index (χ3n) is 10.5. The molecule has 3 aliphatic rings. The summed E-state index contributed by atoms with van der Waals surface area (Å²) in [7, 11) is 0. The number of hydrogen-bond acceptors (Lipinski definition) is 7. The molecule has 0 spiro atoms. The van der Waals surface area contributed by atoms with Crippen molar-refractivity contribution in [3.05, 3.63) is 131 Å². The van der Waals surface area contributed by atoms with Crippen molar-refractivity contribution in [2.75, 3.05) is 40.3 Å². The zero-order valence-corrected chi connectivity index (χ0v) is 30.6. The highest BCUT2D eigenvalue weighted by molar-refractivity contribution is 7.99. The summed E-state index contributed by atoms with van der Waals surface area (Å²) in [4.78, 5) is 62.7. The molecule has 7 aromatic rings. The molecule has 11 nitrogen and oxygen atoms in total. The summed E-state index contributed by atoms with van der Waals surface area (Å²) in [5.41, 5.74) is 6.07. The maximum atomic E-state index is 14.3. The minimum Gasteiger partial charge on any atom is -0.461 e. The highest BCUT2D eigenvalue weighted by atomic mass is 35.5. The van der Waals surface area contributed by atoms with Gasteiger partial charge in [-0.1, -0.05) is 54.2 Å². The minimum absolute atomic E-state index is 0.104. The van der Waals surface area contributed by atoms with Gasteiger partial charge in [0.1, 0.15) is 17.1 Å². The molecular formula is C42H31ClN6O5S. The molecule has 3 aliphatic heterocycles. The van der Waals surface area contributed by atoms with Gasteiger partial charge in [0.25, 0.3) is 23.6 Å². The molecule has 0 aliphatic carbocycles. The van der Waals surface area contributed by atoms with E-state index in [1.54, 1.807) is 41.3 Å². The Labute approximate surface area is 323 Å². The number of alkyl halides is 1. The second-order valence-corrected chi connectivity index (χ2v) is 15.3. The van der Waals surface area contributed by atoms with Crippen LogP contribution < -0.4 is 20.3 Å². The molecule has 0 fully saturated rings. The lowest BCUT2D eigenvalue weighted by Gasteiger charge is -2.30. The van der Waals surface area contributed by atoms with Crippen LogP contribution in [0.4, 0.5) is 17.1 Å². The van der Waals surface area contributed by atoms with Gasteiger partial charge in [-0.15, -0.1) is 11.6 Å². The molecule has 272 valence electrons. The van der Waals surface area contributed by atoms with Gasteiger partial charge in [-0.05, 0) is 65.5 Å². The number of rotatable bonds is 8. The summed E-state index contributed by atoms with van der Waals surface area (Å²) in [6.07, 6.45) is 0. The number of aromatic amines is 2. The number of fused-ring (bicyclic) bond motifs is 5. The minimum atomic E-state index is -0.500. The lowest BCUT2D eigenvalue weighted by molar-refractivity contribution is 0.0663. The van der Waals surface area contributed by atoms with Crippen LogP contribution in [0.2, 0.25) is 0 Å². The summed E-state index contributed by atoms with van der Waals surface area (Å²) in [6.45, 7) is 0.634. The fraction of sp³-hybridized carbons (Fsp3) is 0.143. The van der Waals surface area contributed by atoms with E-state index in [2.05, 4.69) is 20.6 Å². The molecule has 2 aromatic heterocycles. The zero-order valence-electron chi connectivity index (χ0n) is 29.0. The number of aromatic nitrogens is 2. The van der Waals surface area contributed by atoms with Crippen molar-refractivity contribution in [1.29, 1.82) is 0 Å². The Balaban J connectivity index is 0.891. The van der Waals surface area contributed by atoms with Crippen molar-refractivity contribution in [3.63, 3.8) is 0 Å². The molecular weight excluding hydrogens is 736 g/mol. The van der Waals surface area contributed by atoms with Crippen molar-refractivity contribution >= 4 is 96.6 Å². The van der Waals surface area contributed by atoms with E-state index in [-0.39, 0.29) is 36.1 Å². The van der Waals surface area contributed by atoms with E-state index in [0.29, 0.717) is 52.1 Å². The molecule has 55 heavy (non-hydrogen) atoms. The lowest BCUT2D eigenvalue weighted by atomic mass is 9.94. The van der Waals surface area contributed by atoms with E-state index >= 15 is 0 Å². The molecule has 13 heteroatoms. The van der Waals surface area contributed by atoms with Gasteiger partial charge in [0.15, 0.2) is 0 Å². The number of halogens is 1. The first kappa shape index (κ1) is 33.3. The largest absolute Gasteiger partial charge is 0.461 e. The average Bonchev–Trinajstić information content (AvgIpc) is 3.98. The van der Waals surface area contributed by atoms with Crippen LogP contribution in [0.3, 0.4) is 0 Å². The number of nitrogens with zero attached hydrogens (tertiary/aromatic N) is 2. The fourth-order valence-corrected chi connectivity index (χ4v) is 9.09. The summed E-state index contributed by atoms with van der Waals surface area (Å²) < 4.78 is 6.50. The number of amides is 4. The van der Waals surface area contributed by atoms with Crippen LogP contribution in [-0.2, 0) is 0 Å². The average molecular weight is 767 g/mol. The highest BCUT2D eigenvalue weighted by Crippen LogP contribution is 2.50. The van der Waals surface area contributed by atoms with Gasteiger partial charge in [-0.2, -0.15) is 0 Å². The Hall–Kier alpha value is -6.24. The number of hydrogen-bond donors (Lipinski definition) is 4. The molecule has 1 unspecified atom stereocenters. The predicted octanol–water partition coefficient (Wildman–Crippen LogP) is 8.15. The summed E-state index contributed by atoms with van der Waals surface area (Å²) in [5, 5.41) is 10.0. The monoisotopic (exact) mass is 766 g/mol. The molecule has 0 bridgehead atoms. The van der Waals surface area contributed by atoms with Crippen LogP contribution in [0, 0.1) is 0 Å². The predicted molar refractivity (Wildman–Crippen MR) is 216 cm³/mol. The third-order valence-corrected chi connectivity index (χ3v) is 11.8. The maximum Gasteiger partial charge on any atom is 0.274 e. The topological polar surface area (TPSA) is 140 Å². The number of carbonyl (C=O) groups is 4. The molecule has 5 heterocycles. The number of ether oxygens (including phenoxy) is 1. The Kier molecular flexibility index (Phi) is 7.86. The van der Waals surface area contributed by atoms with Crippen LogP contribution in [0.1, 0.15) is 53.2 Å². The molecule has 4 amide bonds. The fourth-order valence-electron chi connectivity index (χ4n) is 7.95. The molecule has 4 N–H and O–H groups in total. The smallest absolute Gasteiger partial charge is 0.274 e. The van der Waals surface area contributed by atoms with Crippen LogP contribution in [-0.4, -0.2) is 68.8 Å². The number of H-pyrrole nitrogens is 2. The van der Waals surface area contributed by atoms with Gasteiger partial charge < -0.3 is 30.2 Å². The van der Waals surface area contributed by atoms with Crippen molar-refractivity contribution < 1.29 is 23.9 Å². The molecule has 5 aromatic carbocycles. The highest BCUT2D eigenvalue weighted by Gasteiger charge is 2.38. The van der Waals surface area contributed by atoms with Gasteiger partial charge in [0, 0.05) is 75.3 Å². The number of para-hydroxylation sites is 1. The third kappa shape index (κ3) is 5.51. The Bertz CT molecular complexity index is 2710. The van der Waals surface area contributed by atoms with Gasteiger partial charge in [-0.25, -0.2) is 0 Å². The first-order valence-corrected chi connectivity index (χ1v) is 19.4. The number of nitrogens with one attached hydrogen (secondary N) is 4. The molecule has 0 saturated carbocycles. The molecule has 2 atom stereocenters. The van der Waals surface area contributed by atoms with E-state index < -0.39 is 5.56 Å². The second kappa shape index (κ2) is 13.0. The Morgan fingerprint density at radius 3 is 2.38 bits per heavy atom. The van der Waals surface area contributed by atoms with Crippen molar-refractivity contribution in [1.82, 2.24) is 14.9 Å². The molecule has 0 saturated heterocycles. The van der Waals surface area contributed by atoms with E-state index in [1.165, 1.54) is 16.7 Å². The van der Waals surface area contributed by atoms with Crippen LogP contribution in [0.5, 0.6) is 5.75 Å². The first-order valence-electron chi connectivity index (χ1n) is 17.8. The molecule has 0 radical (unpaired) electrons. The van der Waals surface area contributed by atoms with Crippen LogP contribution in [0.25, 0.3) is 32.6 Å². The lowest BCUT2D eigenvalue weighted by Crippen LogP contribution is -2.33. The summed E-state index contributed by atoms with van der Waals surface area (Å²) >= 11 is 8.02. The second-order valence-electron chi connectivity index (χ2n) is 13.8. The van der Waals surface area contributed by atoms with Gasteiger partial charge in [0.05, 0.1) is 16.8 Å². The number of anilines is 3. The standard InChI is InChI=1S/C42H31ClN6O5S/c43-20-24-21-49(41(53)33-18-23-16-25(12-13-30(23)46-33)44-38(50)32-17-22-6-1-4-10-29(22)45-32)34-19-35-37-28(36(24)34)9-5-11-31(37)47-42(54-35)55-15-14-48-39(51)26-7-2-3-8-27(26)40(48)52/h1-13,16-19,24,42,45-47H,14-15,20-21H2,(H,44,50)/t24-,42?/m1/s1. The molecule has 10 rings (SSSR count). The number of benzene rings is 5. The number of imide groups is 1. The quantitative estimate of drug-likeness (QED) is 0.0905. The zero-order chi connectivity index (χ0) is 37.4. The van der Waals surface area contributed by atoms with Gasteiger partial charge in [0.2, 0.25) is 5.56 Å². The first-order chi connectivity index (χ1) is 26.8. The summed E-state index contributed by atoms with van der Waals surface area (Å²) in [5.74, 6) is 0.256. The van der Waals surface area contributed by atoms with E-state index in [9.17, 15) is 19.2 Å². The van der Waals surface area contributed by atoms with E-state index in [4.69, 9.17) is 16.3 Å². The normalized spacial score (nSPS) is 17.1. The van der Waals surface area contributed by atoms with Gasteiger partial charge >= 0.3 is 0 Å². The SMILES string of the molecule is O=C(Nc1ccc2[nH]c(C(=O)N3C[C@@H](CCl)c4c3cc3c5c(cccc45)NC(SCCN4C(=O)c5ccccc5C4=O)O3)cc2c1)c1cc2ccccc2[nH]1.